The predicted molar refractivity (Wildman–Crippen MR) is 69.1 cm³/mol. The van der Waals surface area contributed by atoms with E-state index in [0.29, 0.717) is 12.1 Å². The molecule has 1 saturated heterocycles. The van der Waals surface area contributed by atoms with E-state index in [0.717, 1.165) is 51.6 Å². The maximum atomic E-state index is 9.87. The minimum Gasteiger partial charge on any atom is -0.392 e. The molecule has 2 rings (SSSR count). The van der Waals surface area contributed by atoms with E-state index in [2.05, 4.69) is 19.2 Å². The molecule has 3 atom stereocenters. The van der Waals surface area contributed by atoms with E-state index in [9.17, 15) is 5.11 Å². The second kappa shape index (κ2) is 5.68. The Balaban J connectivity index is 1.88. The molecule has 3 unspecified atom stereocenters. The smallest absolute Gasteiger partial charge is 0.0693 e. The van der Waals surface area contributed by atoms with E-state index < -0.39 is 0 Å². The Morgan fingerprint density at radius 2 is 2.00 bits per heavy atom. The highest BCUT2D eigenvalue weighted by Crippen LogP contribution is 2.32. The summed E-state index contributed by atoms with van der Waals surface area (Å²) >= 11 is 0. The summed E-state index contributed by atoms with van der Waals surface area (Å²) in [6, 6.07) is 0.853. The SMILES string of the molecule is CCC1(CC)CC(NC2CCCC2O)CCO1. The van der Waals surface area contributed by atoms with Crippen molar-refractivity contribution < 1.29 is 9.84 Å². The number of hydrogen-bond acceptors (Lipinski definition) is 3. The third kappa shape index (κ3) is 3.01. The van der Waals surface area contributed by atoms with Crippen LogP contribution in [0.15, 0.2) is 0 Å². The lowest BCUT2D eigenvalue weighted by Gasteiger charge is -2.41. The third-order valence-electron chi connectivity index (χ3n) is 4.71. The van der Waals surface area contributed by atoms with Crippen LogP contribution in [0.2, 0.25) is 0 Å². The second-order valence-electron chi connectivity index (χ2n) is 5.70. The topological polar surface area (TPSA) is 41.5 Å². The number of nitrogens with one attached hydrogen (secondary N) is 1. The van der Waals surface area contributed by atoms with E-state index in [1.807, 2.05) is 0 Å². The Hall–Kier alpha value is -0.120. The van der Waals surface area contributed by atoms with Crippen molar-refractivity contribution in [2.24, 2.45) is 0 Å². The molecule has 17 heavy (non-hydrogen) atoms. The molecule has 100 valence electrons. The van der Waals surface area contributed by atoms with Crippen LogP contribution in [0.4, 0.5) is 0 Å². The average molecular weight is 241 g/mol. The molecule has 0 amide bonds. The Morgan fingerprint density at radius 3 is 2.59 bits per heavy atom. The summed E-state index contributed by atoms with van der Waals surface area (Å²) in [6.45, 7) is 5.30. The van der Waals surface area contributed by atoms with Gasteiger partial charge in [-0.1, -0.05) is 13.8 Å². The number of ether oxygens (including phenoxy) is 1. The maximum Gasteiger partial charge on any atom is 0.0693 e. The van der Waals surface area contributed by atoms with Crippen LogP contribution in [0, 0.1) is 0 Å². The summed E-state index contributed by atoms with van der Waals surface area (Å²) in [4.78, 5) is 0. The van der Waals surface area contributed by atoms with Crippen LogP contribution in [-0.4, -0.2) is 35.5 Å². The van der Waals surface area contributed by atoms with E-state index in [-0.39, 0.29) is 11.7 Å². The summed E-state index contributed by atoms with van der Waals surface area (Å²) in [6.07, 6.45) is 7.50. The van der Waals surface area contributed by atoms with E-state index in [1.165, 1.54) is 0 Å². The van der Waals surface area contributed by atoms with Gasteiger partial charge < -0.3 is 15.2 Å². The highest BCUT2D eigenvalue weighted by Gasteiger charge is 2.36. The molecule has 2 fully saturated rings. The molecule has 0 aromatic carbocycles. The number of rotatable bonds is 4. The van der Waals surface area contributed by atoms with Crippen LogP contribution in [0.25, 0.3) is 0 Å². The molecule has 1 aliphatic heterocycles. The van der Waals surface area contributed by atoms with Crippen LogP contribution in [0.5, 0.6) is 0 Å². The minimum atomic E-state index is -0.129. The van der Waals surface area contributed by atoms with E-state index in [1.54, 1.807) is 0 Å². The highest BCUT2D eigenvalue weighted by molar-refractivity contribution is 4.92. The zero-order valence-electron chi connectivity index (χ0n) is 11.2. The van der Waals surface area contributed by atoms with Crippen molar-refractivity contribution in [3.05, 3.63) is 0 Å². The molecule has 0 aromatic heterocycles. The van der Waals surface area contributed by atoms with Gasteiger partial charge in [0.05, 0.1) is 11.7 Å². The van der Waals surface area contributed by atoms with Crippen molar-refractivity contribution in [2.45, 2.75) is 82.6 Å². The van der Waals surface area contributed by atoms with Gasteiger partial charge in [0.1, 0.15) is 0 Å². The molecule has 2 N–H and O–H groups in total. The normalized spacial score (nSPS) is 37.2. The summed E-state index contributed by atoms with van der Waals surface area (Å²) in [7, 11) is 0. The minimum absolute atomic E-state index is 0.0828. The van der Waals surface area contributed by atoms with Crippen LogP contribution in [-0.2, 0) is 4.74 Å². The molecule has 1 heterocycles. The van der Waals surface area contributed by atoms with Crippen molar-refractivity contribution in [1.82, 2.24) is 5.32 Å². The lowest BCUT2D eigenvalue weighted by atomic mass is 9.85. The summed E-state index contributed by atoms with van der Waals surface area (Å²) in [5.41, 5.74) is 0.0828. The Kier molecular flexibility index (Phi) is 4.45. The number of aliphatic hydroxyl groups is 1. The van der Waals surface area contributed by atoms with Crippen LogP contribution >= 0.6 is 0 Å². The number of hydrogen-bond donors (Lipinski definition) is 2. The maximum absolute atomic E-state index is 9.87. The van der Waals surface area contributed by atoms with Gasteiger partial charge in [-0.2, -0.15) is 0 Å². The molecule has 1 saturated carbocycles. The largest absolute Gasteiger partial charge is 0.392 e. The predicted octanol–water partition coefficient (Wildman–Crippen LogP) is 2.23. The van der Waals surface area contributed by atoms with Crippen molar-refractivity contribution >= 4 is 0 Å². The fraction of sp³-hybridized carbons (Fsp3) is 1.00. The van der Waals surface area contributed by atoms with Gasteiger partial charge in [0.2, 0.25) is 0 Å². The first-order chi connectivity index (χ1) is 8.19. The highest BCUT2D eigenvalue weighted by atomic mass is 16.5. The van der Waals surface area contributed by atoms with E-state index in [4.69, 9.17) is 4.74 Å². The molecular weight excluding hydrogens is 214 g/mol. The first-order valence-electron chi connectivity index (χ1n) is 7.27. The lowest BCUT2D eigenvalue weighted by molar-refractivity contribution is -0.0951. The Morgan fingerprint density at radius 1 is 1.24 bits per heavy atom. The summed E-state index contributed by atoms with van der Waals surface area (Å²) in [5, 5.41) is 13.5. The summed E-state index contributed by atoms with van der Waals surface area (Å²) in [5.74, 6) is 0. The lowest BCUT2D eigenvalue weighted by Crippen LogP contribution is -2.50. The van der Waals surface area contributed by atoms with Gasteiger partial charge in [-0.05, 0) is 44.9 Å². The van der Waals surface area contributed by atoms with Gasteiger partial charge in [0.25, 0.3) is 0 Å². The van der Waals surface area contributed by atoms with Gasteiger partial charge in [0, 0.05) is 18.7 Å². The van der Waals surface area contributed by atoms with Gasteiger partial charge in [-0.25, -0.2) is 0 Å². The second-order valence-corrected chi connectivity index (χ2v) is 5.70. The van der Waals surface area contributed by atoms with Crippen molar-refractivity contribution in [3.63, 3.8) is 0 Å². The van der Waals surface area contributed by atoms with Crippen LogP contribution in [0.1, 0.15) is 58.8 Å². The molecular formula is C14H27NO2. The van der Waals surface area contributed by atoms with Crippen LogP contribution < -0.4 is 5.32 Å². The quantitative estimate of drug-likeness (QED) is 0.793. The van der Waals surface area contributed by atoms with Crippen molar-refractivity contribution in [2.75, 3.05) is 6.61 Å². The van der Waals surface area contributed by atoms with E-state index >= 15 is 0 Å². The molecule has 1 aliphatic carbocycles. The van der Waals surface area contributed by atoms with Gasteiger partial charge in [-0.3, -0.25) is 0 Å². The molecule has 3 heteroatoms. The van der Waals surface area contributed by atoms with Gasteiger partial charge >= 0.3 is 0 Å². The Bertz CT molecular complexity index is 240. The van der Waals surface area contributed by atoms with Gasteiger partial charge in [-0.15, -0.1) is 0 Å². The third-order valence-corrected chi connectivity index (χ3v) is 4.71. The molecule has 3 nitrogen and oxygen atoms in total. The molecule has 0 spiro atoms. The van der Waals surface area contributed by atoms with Gasteiger partial charge in [0.15, 0.2) is 0 Å². The first kappa shape index (κ1) is 13.3. The first-order valence-corrected chi connectivity index (χ1v) is 7.27. The zero-order valence-corrected chi connectivity index (χ0v) is 11.2. The molecule has 2 aliphatic rings. The average Bonchev–Trinajstić information content (AvgIpc) is 2.75. The fourth-order valence-corrected chi connectivity index (χ4v) is 3.35. The fourth-order valence-electron chi connectivity index (χ4n) is 3.35. The molecule has 0 aromatic rings. The summed E-state index contributed by atoms with van der Waals surface area (Å²) < 4.78 is 5.98. The molecule has 0 radical (unpaired) electrons. The van der Waals surface area contributed by atoms with Crippen LogP contribution in [0.3, 0.4) is 0 Å². The molecule has 0 bridgehead atoms. The van der Waals surface area contributed by atoms with Crippen molar-refractivity contribution in [3.8, 4) is 0 Å². The number of aliphatic hydroxyl groups excluding tert-OH is 1. The monoisotopic (exact) mass is 241 g/mol. The standard InChI is InChI=1S/C14H27NO2/c1-3-14(4-2)10-11(8-9-17-14)15-12-6-5-7-13(12)16/h11-13,15-16H,3-10H2,1-2H3. The Labute approximate surface area is 105 Å². The zero-order chi connectivity index (χ0) is 12.3. The van der Waals surface area contributed by atoms with Crippen molar-refractivity contribution in [1.29, 1.82) is 0 Å².